The van der Waals surface area contributed by atoms with Crippen molar-refractivity contribution in [2.45, 2.75) is 13.3 Å². The van der Waals surface area contributed by atoms with Crippen molar-refractivity contribution in [3.8, 4) is 22.8 Å². The zero-order chi connectivity index (χ0) is 13.1. The number of nitrogen functional groups attached to an aromatic ring is 1. The molecule has 0 aliphatic carbocycles. The molecule has 0 aliphatic rings. The average molecular weight is 264 g/mol. The van der Waals surface area contributed by atoms with E-state index in [-0.39, 0.29) is 0 Å². The molecule has 0 atom stereocenters. The Morgan fingerprint density at radius 1 is 1.17 bits per heavy atom. The van der Waals surface area contributed by atoms with E-state index in [1.165, 1.54) is 11.3 Å². The van der Waals surface area contributed by atoms with E-state index in [0.29, 0.717) is 0 Å². The van der Waals surface area contributed by atoms with Gasteiger partial charge in [0.2, 0.25) is 0 Å². The number of hydrogen-bond acceptors (Lipinski definition) is 5. The van der Waals surface area contributed by atoms with Gasteiger partial charge in [-0.15, -0.1) is 11.3 Å². The van der Waals surface area contributed by atoms with Crippen molar-refractivity contribution in [1.82, 2.24) is 4.98 Å². The van der Waals surface area contributed by atoms with Gasteiger partial charge in [0.25, 0.3) is 0 Å². The fraction of sp³-hybridized carbons (Fsp3) is 0.308. The molecule has 4 nitrogen and oxygen atoms in total. The van der Waals surface area contributed by atoms with Gasteiger partial charge in [0.1, 0.15) is 22.2 Å². The standard InChI is InChI=1S/C13H16N2O2S/c1-4-11-15-12(13(14)18-11)8-5-9(16-2)7-10(6-8)17-3/h5-7H,4,14H2,1-3H3. The summed E-state index contributed by atoms with van der Waals surface area (Å²) in [6.07, 6.45) is 0.885. The van der Waals surface area contributed by atoms with E-state index in [1.54, 1.807) is 14.2 Å². The molecule has 0 saturated carbocycles. The first-order valence-corrected chi connectivity index (χ1v) is 6.48. The molecule has 0 fully saturated rings. The highest BCUT2D eigenvalue weighted by Crippen LogP contribution is 2.35. The summed E-state index contributed by atoms with van der Waals surface area (Å²) in [6.45, 7) is 2.06. The van der Waals surface area contributed by atoms with Crippen LogP contribution >= 0.6 is 11.3 Å². The monoisotopic (exact) mass is 264 g/mol. The van der Waals surface area contributed by atoms with Crippen LogP contribution in [0, 0.1) is 0 Å². The van der Waals surface area contributed by atoms with E-state index in [9.17, 15) is 0 Å². The van der Waals surface area contributed by atoms with Gasteiger partial charge in [0.15, 0.2) is 0 Å². The molecule has 96 valence electrons. The van der Waals surface area contributed by atoms with Crippen LogP contribution in [0.2, 0.25) is 0 Å². The molecule has 0 unspecified atom stereocenters. The predicted octanol–water partition coefficient (Wildman–Crippen LogP) is 2.97. The topological polar surface area (TPSA) is 57.4 Å². The highest BCUT2D eigenvalue weighted by Gasteiger charge is 2.12. The van der Waals surface area contributed by atoms with Crippen LogP contribution in [0.5, 0.6) is 11.5 Å². The normalized spacial score (nSPS) is 10.4. The number of hydrogen-bond donors (Lipinski definition) is 1. The van der Waals surface area contributed by atoms with E-state index in [1.807, 2.05) is 18.2 Å². The van der Waals surface area contributed by atoms with Crippen molar-refractivity contribution in [1.29, 1.82) is 0 Å². The van der Waals surface area contributed by atoms with Crippen LogP contribution in [0.1, 0.15) is 11.9 Å². The summed E-state index contributed by atoms with van der Waals surface area (Å²) >= 11 is 1.52. The highest BCUT2D eigenvalue weighted by molar-refractivity contribution is 7.16. The number of benzene rings is 1. The summed E-state index contributed by atoms with van der Waals surface area (Å²) < 4.78 is 10.5. The smallest absolute Gasteiger partial charge is 0.123 e. The Morgan fingerprint density at radius 2 is 1.78 bits per heavy atom. The highest BCUT2D eigenvalue weighted by atomic mass is 32.1. The minimum absolute atomic E-state index is 0.724. The summed E-state index contributed by atoms with van der Waals surface area (Å²) in [4.78, 5) is 4.53. The van der Waals surface area contributed by atoms with Crippen LogP contribution in [0.15, 0.2) is 18.2 Å². The van der Waals surface area contributed by atoms with Gasteiger partial charge in [-0.1, -0.05) is 6.92 Å². The molecule has 2 aromatic rings. The Balaban J connectivity index is 2.51. The van der Waals surface area contributed by atoms with Crippen LogP contribution in [-0.4, -0.2) is 19.2 Å². The van der Waals surface area contributed by atoms with E-state index in [2.05, 4.69) is 11.9 Å². The molecule has 1 aromatic carbocycles. The van der Waals surface area contributed by atoms with Crippen LogP contribution in [0.3, 0.4) is 0 Å². The number of thiazole rings is 1. The minimum atomic E-state index is 0.724. The van der Waals surface area contributed by atoms with Crippen LogP contribution in [0.25, 0.3) is 11.3 Å². The lowest BCUT2D eigenvalue weighted by molar-refractivity contribution is 0.394. The molecule has 18 heavy (non-hydrogen) atoms. The summed E-state index contributed by atoms with van der Waals surface area (Å²) in [7, 11) is 3.25. The molecule has 2 rings (SSSR count). The third-order valence-electron chi connectivity index (χ3n) is 2.62. The minimum Gasteiger partial charge on any atom is -0.497 e. The van der Waals surface area contributed by atoms with Crippen molar-refractivity contribution in [2.75, 3.05) is 20.0 Å². The maximum absolute atomic E-state index is 6.01. The number of aromatic nitrogens is 1. The fourth-order valence-corrected chi connectivity index (χ4v) is 2.48. The second-order valence-electron chi connectivity index (χ2n) is 3.78. The van der Waals surface area contributed by atoms with Gasteiger partial charge in [-0.05, 0) is 18.6 Å². The maximum Gasteiger partial charge on any atom is 0.123 e. The Labute approximate surface area is 110 Å². The third-order valence-corrected chi connectivity index (χ3v) is 3.65. The lowest BCUT2D eigenvalue weighted by Gasteiger charge is -2.07. The van der Waals surface area contributed by atoms with Gasteiger partial charge in [-0.2, -0.15) is 0 Å². The first-order valence-electron chi connectivity index (χ1n) is 5.66. The quantitative estimate of drug-likeness (QED) is 0.922. The second-order valence-corrected chi connectivity index (χ2v) is 4.89. The van der Waals surface area contributed by atoms with Gasteiger partial charge in [0.05, 0.1) is 19.2 Å². The number of aryl methyl sites for hydroxylation is 1. The molecule has 1 heterocycles. The lowest BCUT2D eigenvalue weighted by Crippen LogP contribution is -1.91. The van der Waals surface area contributed by atoms with Gasteiger partial charge in [-0.25, -0.2) is 4.98 Å². The van der Waals surface area contributed by atoms with Crippen LogP contribution in [0.4, 0.5) is 5.00 Å². The van der Waals surface area contributed by atoms with Crippen molar-refractivity contribution < 1.29 is 9.47 Å². The molecular formula is C13H16N2O2S. The zero-order valence-electron chi connectivity index (χ0n) is 10.7. The van der Waals surface area contributed by atoms with Crippen LogP contribution in [-0.2, 0) is 6.42 Å². The average Bonchev–Trinajstić information content (AvgIpc) is 2.79. The van der Waals surface area contributed by atoms with Gasteiger partial charge < -0.3 is 15.2 Å². The molecule has 2 N–H and O–H groups in total. The fourth-order valence-electron chi connectivity index (χ4n) is 1.68. The van der Waals surface area contributed by atoms with Gasteiger partial charge in [-0.3, -0.25) is 0 Å². The first-order chi connectivity index (χ1) is 8.67. The lowest BCUT2D eigenvalue weighted by atomic mass is 10.1. The Bertz CT molecular complexity index is 530. The second kappa shape index (κ2) is 5.27. The number of nitrogens with zero attached hydrogens (tertiary/aromatic N) is 1. The number of rotatable bonds is 4. The van der Waals surface area contributed by atoms with Crippen molar-refractivity contribution in [3.63, 3.8) is 0 Å². The number of methoxy groups -OCH3 is 2. The van der Waals surface area contributed by atoms with E-state index in [0.717, 1.165) is 39.2 Å². The summed E-state index contributed by atoms with van der Waals surface area (Å²) in [6, 6.07) is 5.65. The van der Waals surface area contributed by atoms with Crippen molar-refractivity contribution in [3.05, 3.63) is 23.2 Å². The molecule has 0 aliphatic heterocycles. The first kappa shape index (κ1) is 12.7. The SMILES string of the molecule is CCc1nc(-c2cc(OC)cc(OC)c2)c(N)s1. The Kier molecular flexibility index (Phi) is 3.72. The Morgan fingerprint density at radius 3 is 2.22 bits per heavy atom. The summed E-state index contributed by atoms with van der Waals surface area (Å²) in [5, 5.41) is 1.76. The summed E-state index contributed by atoms with van der Waals surface area (Å²) in [5.74, 6) is 1.46. The van der Waals surface area contributed by atoms with Crippen LogP contribution < -0.4 is 15.2 Å². The van der Waals surface area contributed by atoms with E-state index < -0.39 is 0 Å². The number of nitrogens with two attached hydrogens (primary N) is 1. The molecule has 0 bridgehead atoms. The third kappa shape index (κ3) is 2.41. The number of anilines is 1. The zero-order valence-corrected chi connectivity index (χ0v) is 11.5. The maximum atomic E-state index is 6.01. The summed E-state index contributed by atoms with van der Waals surface area (Å²) in [5.41, 5.74) is 7.72. The van der Waals surface area contributed by atoms with Gasteiger partial charge in [0, 0.05) is 11.6 Å². The molecule has 5 heteroatoms. The van der Waals surface area contributed by atoms with Crippen molar-refractivity contribution >= 4 is 16.3 Å². The Hall–Kier alpha value is -1.75. The molecule has 0 saturated heterocycles. The molecule has 0 amide bonds. The molecule has 1 aromatic heterocycles. The van der Waals surface area contributed by atoms with Crippen molar-refractivity contribution in [2.24, 2.45) is 0 Å². The predicted molar refractivity (Wildman–Crippen MR) is 74.4 cm³/mol. The van der Waals surface area contributed by atoms with E-state index in [4.69, 9.17) is 15.2 Å². The largest absolute Gasteiger partial charge is 0.497 e. The molecular weight excluding hydrogens is 248 g/mol. The van der Waals surface area contributed by atoms with Gasteiger partial charge >= 0.3 is 0 Å². The molecule has 0 radical (unpaired) electrons. The molecule has 0 spiro atoms. The number of ether oxygens (including phenoxy) is 2. The van der Waals surface area contributed by atoms with E-state index >= 15 is 0 Å².